The largest absolute Gasteiger partial charge is 0.454 e. The third-order valence-electron chi connectivity index (χ3n) is 3.74. The molecule has 0 radical (unpaired) electrons. The summed E-state index contributed by atoms with van der Waals surface area (Å²) in [6.07, 6.45) is 0. The second kappa shape index (κ2) is 7.67. The van der Waals surface area contributed by atoms with E-state index in [1.807, 2.05) is 6.07 Å². The number of benzene rings is 2. The number of hydrogen-bond acceptors (Lipinski definition) is 5. The van der Waals surface area contributed by atoms with Crippen molar-refractivity contribution in [2.75, 3.05) is 13.4 Å². The van der Waals surface area contributed by atoms with Crippen molar-refractivity contribution in [3.63, 3.8) is 0 Å². The van der Waals surface area contributed by atoms with E-state index in [4.69, 9.17) is 9.47 Å². The maximum atomic E-state index is 12.2. The number of hydrogen-bond donors (Lipinski definition) is 3. The van der Waals surface area contributed by atoms with E-state index >= 15 is 0 Å². The van der Waals surface area contributed by atoms with Gasteiger partial charge in [-0.1, -0.05) is 24.3 Å². The van der Waals surface area contributed by atoms with Gasteiger partial charge < -0.3 is 25.2 Å². The number of rotatable bonds is 6. The molecular weight excluding hydrogens is 324 g/mol. The summed E-state index contributed by atoms with van der Waals surface area (Å²) in [6.45, 7) is -0.0675. The van der Waals surface area contributed by atoms with Crippen molar-refractivity contribution in [1.29, 1.82) is 0 Å². The van der Waals surface area contributed by atoms with Gasteiger partial charge in [-0.15, -0.1) is 0 Å². The Kier molecular flexibility index (Phi) is 5.15. The monoisotopic (exact) mass is 342 g/mol. The Balaban J connectivity index is 1.56. The lowest BCUT2D eigenvalue weighted by Crippen LogP contribution is -2.48. The average molecular weight is 342 g/mol. The molecule has 1 unspecified atom stereocenters. The van der Waals surface area contributed by atoms with E-state index in [-0.39, 0.29) is 13.3 Å². The standard InChI is InChI=1S/C18H18N2O5/c21-10-14(20-17(22)13-4-2-1-3-5-13)18(23)19-9-12-6-7-15-16(8-12)25-11-24-15/h1-8,14,21H,9-11H2,(H,19,23)(H,20,22). The van der Waals surface area contributed by atoms with Crippen molar-refractivity contribution >= 4 is 11.8 Å². The fourth-order valence-electron chi connectivity index (χ4n) is 2.39. The van der Waals surface area contributed by atoms with E-state index < -0.39 is 24.5 Å². The molecule has 1 aliphatic heterocycles. The number of aliphatic hydroxyl groups is 1. The van der Waals surface area contributed by atoms with Crippen LogP contribution in [0.25, 0.3) is 0 Å². The first-order valence-corrected chi connectivity index (χ1v) is 7.80. The van der Waals surface area contributed by atoms with Crippen LogP contribution in [0.1, 0.15) is 15.9 Å². The first-order valence-electron chi connectivity index (χ1n) is 7.80. The van der Waals surface area contributed by atoms with Gasteiger partial charge in [0.25, 0.3) is 5.91 Å². The molecule has 2 amide bonds. The van der Waals surface area contributed by atoms with E-state index in [9.17, 15) is 14.7 Å². The molecule has 0 aliphatic carbocycles. The lowest BCUT2D eigenvalue weighted by molar-refractivity contribution is -0.124. The smallest absolute Gasteiger partial charge is 0.251 e. The van der Waals surface area contributed by atoms with Gasteiger partial charge in [0, 0.05) is 12.1 Å². The normalized spacial score (nSPS) is 13.2. The van der Waals surface area contributed by atoms with Gasteiger partial charge in [0.15, 0.2) is 11.5 Å². The van der Waals surface area contributed by atoms with Gasteiger partial charge in [-0.05, 0) is 29.8 Å². The number of fused-ring (bicyclic) bond motifs is 1. The molecule has 7 heteroatoms. The molecule has 1 aliphatic rings. The van der Waals surface area contributed by atoms with Crippen molar-refractivity contribution in [2.45, 2.75) is 12.6 Å². The summed E-state index contributed by atoms with van der Waals surface area (Å²) < 4.78 is 10.5. The summed E-state index contributed by atoms with van der Waals surface area (Å²) in [5.41, 5.74) is 1.24. The fourth-order valence-corrected chi connectivity index (χ4v) is 2.39. The zero-order chi connectivity index (χ0) is 17.6. The molecule has 0 fully saturated rings. The number of ether oxygens (including phenoxy) is 2. The summed E-state index contributed by atoms with van der Waals surface area (Å²) in [5, 5.41) is 14.6. The molecule has 130 valence electrons. The Morgan fingerprint density at radius 2 is 1.84 bits per heavy atom. The Bertz CT molecular complexity index is 763. The topological polar surface area (TPSA) is 96.9 Å². The van der Waals surface area contributed by atoms with Crippen molar-refractivity contribution in [3.8, 4) is 11.5 Å². The lowest BCUT2D eigenvalue weighted by atomic mass is 10.1. The number of carbonyl (C=O) groups is 2. The number of amides is 2. The van der Waals surface area contributed by atoms with Gasteiger partial charge in [-0.3, -0.25) is 9.59 Å². The molecule has 0 saturated heterocycles. The van der Waals surface area contributed by atoms with E-state index in [0.29, 0.717) is 17.1 Å². The van der Waals surface area contributed by atoms with Gasteiger partial charge >= 0.3 is 0 Å². The summed E-state index contributed by atoms with van der Waals surface area (Å²) in [6, 6.07) is 12.8. The van der Waals surface area contributed by atoms with Crippen LogP contribution in [-0.4, -0.2) is 36.4 Å². The van der Waals surface area contributed by atoms with Gasteiger partial charge in [0.2, 0.25) is 12.7 Å². The number of aliphatic hydroxyl groups excluding tert-OH is 1. The molecule has 0 spiro atoms. The highest BCUT2D eigenvalue weighted by atomic mass is 16.7. The predicted molar refractivity (Wildman–Crippen MR) is 89.2 cm³/mol. The fraction of sp³-hybridized carbons (Fsp3) is 0.222. The lowest BCUT2D eigenvalue weighted by Gasteiger charge is -2.16. The SMILES string of the molecule is O=C(NC(CO)C(=O)NCc1ccc2c(c1)OCO2)c1ccccc1. The minimum Gasteiger partial charge on any atom is -0.454 e. The summed E-state index contributed by atoms with van der Waals surface area (Å²) >= 11 is 0. The van der Waals surface area contributed by atoms with Crippen molar-refractivity contribution in [1.82, 2.24) is 10.6 Å². The molecule has 1 atom stereocenters. The zero-order valence-corrected chi connectivity index (χ0v) is 13.4. The quantitative estimate of drug-likeness (QED) is 0.722. The van der Waals surface area contributed by atoms with Crippen LogP contribution in [0.2, 0.25) is 0 Å². The third kappa shape index (κ3) is 4.07. The van der Waals surface area contributed by atoms with Gasteiger partial charge in [0.1, 0.15) is 6.04 Å². The van der Waals surface area contributed by atoms with Crippen LogP contribution >= 0.6 is 0 Å². The molecular formula is C18H18N2O5. The highest BCUT2D eigenvalue weighted by molar-refractivity contribution is 5.97. The minimum atomic E-state index is -1.03. The van der Waals surface area contributed by atoms with Crippen LogP contribution in [-0.2, 0) is 11.3 Å². The van der Waals surface area contributed by atoms with E-state index in [2.05, 4.69) is 10.6 Å². The van der Waals surface area contributed by atoms with Gasteiger partial charge in [-0.25, -0.2) is 0 Å². The van der Waals surface area contributed by atoms with Crippen LogP contribution in [0.3, 0.4) is 0 Å². The van der Waals surface area contributed by atoms with Gasteiger partial charge in [0.05, 0.1) is 6.61 Å². The minimum absolute atomic E-state index is 0.184. The van der Waals surface area contributed by atoms with Crippen LogP contribution in [0.4, 0.5) is 0 Å². The van der Waals surface area contributed by atoms with Crippen LogP contribution < -0.4 is 20.1 Å². The molecule has 3 rings (SSSR count). The van der Waals surface area contributed by atoms with E-state index in [1.54, 1.807) is 42.5 Å². The molecule has 1 heterocycles. The maximum absolute atomic E-state index is 12.2. The Hall–Kier alpha value is -3.06. The Morgan fingerprint density at radius 1 is 1.08 bits per heavy atom. The molecule has 7 nitrogen and oxygen atoms in total. The Labute approximate surface area is 144 Å². The molecule has 2 aromatic carbocycles. The van der Waals surface area contributed by atoms with Crippen LogP contribution in [0.5, 0.6) is 11.5 Å². The van der Waals surface area contributed by atoms with Crippen molar-refractivity contribution < 1.29 is 24.2 Å². The highest BCUT2D eigenvalue weighted by Gasteiger charge is 2.20. The van der Waals surface area contributed by atoms with Crippen molar-refractivity contribution in [3.05, 3.63) is 59.7 Å². The maximum Gasteiger partial charge on any atom is 0.251 e. The molecule has 25 heavy (non-hydrogen) atoms. The highest BCUT2D eigenvalue weighted by Crippen LogP contribution is 2.32. The summed E-state index contributed by atoms with van der Waals surface area (Å²) in [5.74, 6) is 0.406. The first kappa shape index (κ1) is 16.8. The third-order valence-corrected chi connectivity index (χ3v) is 3.74. The average Bonchev–Trinajstić information content (AvgIpc) is 3.12. The molecule has 2 aromatic rings. The van der Waals surface area contributed by atoms with E-state index in [1.165, 1.54) is 0 Å². The van der Waals surface area contributed by atoms with Gasteiger partial charge in [-0.2, -0.15) is 0 Å². The molecule has 3 N–H and O–H groups in total. The number of carbonyl (C=O) groups excluding carboxylic acids is 2. The second-order valence-electron chi connectivity index (χ2n) is 5.48. The Morgan fingerprint density at radius 3 is 2.60 bits per heavy atom. The van der Waals surface area contributed by atoms with Crippen LogP contribution in [0.15, 0.2) is 48.5 Å². The van der Waals surface area contributed by atoms with E-state index in [0.717, 1.165) is 5.56 Å². The predicted octanol–water partition coefficient (Wildman–Crippen LogP) is 0.822. The second-order valence-corrected chi connectivity index (χ2v) is 5.48. The zero-order valence-electron chi connectivity index (χ0n) is 13.4. The first-order chi connectivity index (χ1) is 12.2. The molecule has 0 saturated carbocycles. The van der Waals surface area contributed by atoms with Crippen molar-refractivity contribution in [2.24, 2.45) is 0 Å². The summed E-state index contributed by atoms with van der Waals surface area (Å²) in [7, 11) is 0. The summed E-state index contributed by atoms with van der Waals surface area (Å²) in [4.78, 5) is 24.3. The number of nitrogens with one attached hydrogen (secondary N) is 2. The molecule has 0 bridgehead atoms. The van der Waals surface area contributed by atoms with Crippen LogP contribution in [0, 0.1) is 0 Å². The molecule has 0 aromatic heterocycles.